The first-order valence-electron chi connectivity index (χ1n) is 9.43. The first-order valence-corrected chi connectivity index (χ1v) is 11.2. The summed E-state index contributed by atoms with van der Waals surface area (Å²) >= 11 is 5.08. The molecule has 6 nitrogen and oxygen atoms in total. The minimum Gasteiger partial charge on any atom is -0.497 e. The topological polar surface area (TPSA) is 61.9 Å². The molecule has 3 amide bonds. The number of halogens is 1. The summed E-state index contributed by atoms with van der Waals surface area (Å²) in [4.78, 5) is 28.8. The number of hydrogen-bond donors (Lipinski definition) is 1. The van der Waals surface area contributed by atoms with Crippen molar-refractivity contribution in [1.29, 1.82) is 0 Å². The third kappa shape index (κ3) is 4.09. The second-order valence-electron chi connectivity index (χ2n) is 7.09. The van der Waals surface area contributed by atoms with Crippen LogP contribution in [0.25, 0.3) is 0 Å². The standard InChI is InChI=1S/C21H22BrN3O3S/c1-28-18-4-2-3-17(13-18)25-19(26)14-29-21(25)9-11-24(12-10-21)20(27)23-16-7-5-15(22)6-8-16/h2-8,13H,9-12,14H2,1H3,(H,23,27). The van der Waals surface area contributed by atoms with Crippen LogP contribution in [0.2, 0.25) is 0 Å². The average molecular weight is 476 g/mol. The van der Waals surface area contributed by atoms with Gasteiger partial charge in [0.15, 0.2) is 0 Å². The van der Waals surface area contributed by atoms with Gasteiger partial charge in [0, 0.05) is 35.0 Å². The molecule has 0 aromatic heterocycles. The van der Waals surface area contributed by atoms with Gasteiger partial charge in [0.1, 0.15) is 5.75 Å². The molecule has 0 radical (unpaired) electrons. The number of piperidine rings is 1. The summed E-state index contributed by atoms with van der Waals surface area (Å²) in [6.07, 6.45) is 1.46. The largest absolute Gasteiger partial charge is 0.497 e. The summed E-state index contributed by atoms with van der Waals surface area (Å²) in [5.41, 5.74) is 1.62. The number of amides is 3. The molecule has 2 aromatic rings. The van der Waals surface area contributed by atoms with Crippen LogP contribution in [0.3, 0.4) is 0 Å². The van der Waals surface area contributed by atoms with E-state index in [4.69, 9.17) is 4.74 Å². The molecule has 8 heteroatoms. The fourth-order valence-corrected chi connectivity index (χ4v) is 5.44. The predicted octanol–water partition coefficient (Wildman–Crippen LogP) is 4.56. The van der Waals surface area contributed by atoms with Crippen LogP contribution in [0.4, 0.5) is 16.2 Å². The van der Waals surface area contributed by atoms with Gasteiger partial charge in [0.05, 0.1) is 17.7 Å². The molecule has 0 unspecified atom stereocenters. The molecule has 152 valence electrons. The Morgan fingerprint density at radius 2 is 1.90 bits per heavy atom. The maximum absolute atomic E-state index is 12.7. The van der Waals surface area contributed by atoms with Crippen molar-refractivity contribution < 1.29 is 14.3 Å². The zero-order chi connectivity index (χ0) is 20.4. The third-order valence-electron chi connectivity index (χ3n) is 5.36. The highest BCUT2D eigenvalue weighted by Crippen LogP contribution is 2.47. The minimum absolute atomic E-state index is 0.107. The summed E-state index contributed by atoms with van der Waals surface area (Å²) in [6.45, 7) is 1.20. The van der Waals surface area contributed by atoms with Gasteiger partial charge in [-0.1, -0.05) is 22.0 Å². The van der Waals surface area contributed by atoms with Crippen molar-refractivity contribution in [2.45, 2.75) is 17.7 Å². The van der Waals surface area contributed by atoms with Crippen molar-refractivity contribution in [3.05, 3.63) is 53.0 Å². The Morgan fingerprint density at radius 1 is 1.17 bits per heavy atom. The van der Waals surface area contributed by atoms with E-state index >= 15 is 0 Å². The summed E-state index contributed by atoms with van der Waals surface area (Å²) in [6, 6.07) is 15.0. The zero-order valence-corrected chi connectivity index (χ0v) is 18.5. The highest BCUT2D eigenvalue weighted by atomic mass is 79.9. The van der Waals surface area contributed by atoms with Crippen molar-refractivity contribution in [1.82, 2.24) is 4.90 Å². The molecule has 2 heterocycles. The maximum atomic E-state index is 12.7. The second-order valence-corrected chi connectivity index (χ2v) is 9.34. The number of hydrogen-bond acceptors (Lipinski definition) is 4. The van der Waals surface area contributed by atoms with Crippen LogP contribution in [0.1, 0.15) is 12.8 Å². The van der Waals surface area contributed by atoms with Gasteiger partial charge in [-0.25, -0.2) is 4.79 Å². The quantitative estimate of drug-likeness (QED) is 0.706. The molecule has 1 spiro atoms. The van der Waals surface area contributed by atoms with E-state index in [2.05, 4.69) is 21.2 Å². The molecule has 0 saturated carbocycles. The molecular weight excluding hydrogens is 454 g/mol. The molecule has 0 atom stereocenters. The van der Waals surface area contributed by atoms with E-state index < -0.39 is 0 Å². The van der Waals surface area contributed by atoms with Crippen LogP contribution in [-0.2, 0) is 4.79 Å². The van der Waals surface area contributed by atoms with Gasteiger partial charge in [-0.05, 0) is 49.2 Å². The Kier molecular flexibility index (Phi) is 5.74. The Labute approximate surface area is 182 Å². The van der Waals surface area contributed by atoms with Gasteiger partial charge >= 0.3 is 6.03 Å². The molecule has 2 aliphatic rings. The van der Waals surface area contributed by atoms with E-state index in [1.165, 1.54) is 0 Å². The van der Waals surface area contributed by atoms with E-state index in [0.717, 1.165) is 34.4 Å². The van der Waals surface area contributed by atoms with Crippen LogP contribution in [0, 0.1) is 0 Å². The van der Waals surface area contributed by atoms with Gasteiger partial charge < -0.3 is 15.0 Å². The first kappa shape index (κ1) is 20.1. The van der Waals surface area contributed by atoms with Crippen LogP contribution >= 0.6 is 27.7 Å². The number of urea groups is 1. The number of nitrogens with one attached hydrogen (secondary N) is 1. The Balaban J connectivity index is 1.46. The van der Waals surface area contributed by atoms with Gasteiger partial charge in [-0.3, -0.25) is 9.69 Å². The molecule has 29 heavy (non-hydrogen) atoms. The lowest BCUT2D eigenvalue weighted by atomic mass is 10.0. The molecule has 4 rings (SSSR count). The normalized spacial score (nSPS) is 18.2. The molecule has 0 aliphatic carbocycles. The first-order chi connectivity index (χ1) is 14.0. The number of likely N-dealkylation sites (tertiary alicyclic amines) is 1. The Bertz CT molecular complexity index is 914. The lowest BCUT2D eigenvalue weighted by molar-refractivity contribution is -0.116. The summed E-state index contributed by atoms with van der Waals surface area (Å²) in [5, 5.41) is 2.95. The van der Waals surface area contributed by atoms with Gasteiger partial charge in [-0.15, -0.1) is 11.8 Å². The van der Waals surface area contributed by atoms with Crippen molar-refractivity contribution in [3.63, 3.8) is 0 Å². The number of nitrogens with zero attached hydrogens (tertiary/aromatic N) is 2. The smallest absolute Gasteiger partial charge is 0.321 e. The minimum atomic E-state index is -0.308. The number of methoxy groups -OCH3 is 1. The van der Waals surface area contributed by atoms with Gasteiger partial charge in [-0.2, -0.15) is 0 Å². The molecule has 2 fully saturated rings. The molecule has 2 aromatic carbocycles. The van der Waals surface area contributed by atoms with E-state index in [9.17, 15) is 9.59 Å². The molecule has 0 bridgehead atoms. The number of thioether (sulfide) groups is 1. The molecule has 2 aliphatic heterocycles. The SMILES string of the molecule is COc1cccc(N2C(=O)CSC23CCN(C(=O)Nc2ccc(Br)cc2)CC3)c1. The van der Waals surface area contributed by atoms with E-state index in [-0.39, 0.29) is 16.8 Å². The number of carbonyl (C=O) groups is 2. The predicted molar refractivity (Wildman–Crippen MR) is 120 cm³/mol. The Hall–Kier alpha value is -2.19. The molecule has 2 saturated heterocycles. The second kappa shape index (κ2) is 8.28. The summed E-state index contributed by atoms with van der Waals surface area (Å²) in [5.74, 6) is 1.30. The van der Waals surface area contributed by atoms with Crippen molar-refractivity contribution >= 4 is 51.0 Å². The van der Waals surface area contributed by atoms with Crippen LogP contribution in [-0.4, -0.2) is 47.7 Å². The fourth-order valence-electron chi connectivity index (χ4n) is 3.84. The Morgan fingerprint density at radius 3 is 2.59 bits per heavy atom. The number of ether oxygens (including phenoxy) is 1. The third-order valence-corrected chi connectivity index (χ3v) is 7.41. The van der Waals surface area contributed by atoms with E-state index in [1.54, 1.807) is 18.9 Å². The van der Waals surface area contributed by atoms with Crippen LogP contribution in [0.15, 0.2) is 53.0 Å². The lowest BCUT2D eigenvalue weighted by Gasteiger charge is -2.43. The zero-order valence-electron chi connectivity index (χ0n) is 16.1. The monoisotopic (exact) mass is 475 g/mol. The molecule has 1 N–H and O–H groups in total. The van der Waals surface area contributed by atoms with Crippen LogP contribution < -0.4 is 15.0 Å². The fraction of sp³-hybridized carbons (Fsp3) is 0.333. The lowest BCUT2D eigenvalue weighted by Crippen LogP contribution is -2.53. The number of anilines is 2. The van der Waals surface area contributed by atoms with E-state index in [1.807, 2.05) is 58.3 Å². The van der Waals surface area contributed by atoms with Crippen molar-refractivity contribution in [2.75, 3.05) is 36.2 Å². The van der Waals surface area contributed by atoms with Gasteiger partial charge in [0.2, 0.25) is 5.91 Å². The van der Waals surface area contributed by atoms with Crippen molar-refractivity contribution in [3.8, 4) is 5.75 Å². The van der Waals surface area contributed by atoms with Gasteiger partial charge in [0.25, 0.3) is 0 Å². The van der Waals surface area contributed by atoms with E-state index in [0.29, 0.717) is 18.8 Å². The van der Waals surface area contributed by atoms with Crippen molar-refractivity contribution in [2.24, 2.45) is 0 Å². The highest BCUT2D eigenvalue weighted by molar-refractivity contribution is 9.10. The summed E-state index contributed by atoms with van der Waals surface area (Å²) in [7, 11) is 1.62. The summed E-state index contributed by atoms with van der Waals surface area (Å²) < 4.78 is 6.30. The average Bonchev–Trinajstić information content (AvgIpc) is 3.05. The number of benzene rings is 2. The van der Waals surface area contributed by atoms with Crippen LogP contribution in [0.5, 0.6) is 5.75 Å². The number of carbonyl (C=O) groups excluding carboxylic acids is 2. The number of rotatable bonds is 3. The highest BCUT2D eigenvalue weighted by Gasteiger charge is 2.49. The maximum Gasteiger partial charge on any atom is 0.321 e. The molecular formula is C21H22BrN3O3S.